The molecule has 6 nitrogen and oxygen atoms in total. The molecule has 0 radical (unpaired) electrons. The number of likely N-dealkylation sites (tertiary alicyclic amines) is 1. The Balaban J connectivity index is 1.57. The van der Waals surface area contributed by atoms with Crippen LogP contribution in [0.3, 0.4) is 0 Å². The first-order chi connectivity index (χ1) is 12.6. The van der Waals surface area contributed by atoms with E-state index >= 15 is 0 Å². The molecule has 1 saturated heterocycles. The van der Waals surface area contributed by atoms with E-state index in [1.807, 2.05) is 4.90 Å². The Hall–Kier alpha value is -0.240. The lowest BCUT2D eigenvalue weighted by atomic mass is 9.83. The first kappa shape index (κ1) is 22.1. The summed E-state index contributed by atoms with van der Waals surface area (Å²) in [5, 5.41) is 42.8. The van der Waals surface area contributed by atoms with Crippen LogP contribution in [0.1, 0.15) is 64.7 Å². The predicted octanol–water partition coefficient (Wildman–Crippen LogP) is 0.864. The van der Waals surface area contributed by atoms with Gasteiger partial charge in [-0.1, -0.05) is 39.0 Å². The minimum atomic E-state index is -1.17. The topological polar surface area (TPSA) is 96.2 Å². The molecule has 2 fully saturated rings. The highest BCUT2D eigenvalue weighted by atomic mass is 16.4. The van der Waals surface area contributed by atoms with E-state index in [1.54, 1.807) is 0 Å². The fourth-order valence-electron chi connectivity index (χ4n) is 4.68. The molecule has 2 aliphatic rings. The van der Waals surface area contributed by atoms with Crippen LogP contribution in [0, 0.1) is 5.92 Å². The summed E-state index contributed by atoms with van der Waals surface area (Å²) in [6.07, 6.45) is 7.98. The summed E-state index contributed by atoms with van der Waals surface area (Å²) in [4.78, 5) is 1.91. The standard InChI is InChI=1S/C20H40N2O4/c1-2-15-9-5-6-10-16(15)21-11-7-3-4-8-12-22-13-18(24)20(26)19(25)17(22)14-23/h15-21,23-26H,2-14H2,1H3/t15?,16?,17-,18+,19-,20-/m1/s1. The van der Waals surface area contributed by atoms with Gasteiger partial charge in [0, 0.05) is 12.6 Å². The first-order valence-electron chi connectivity index (χ1n) is 10.7. The van der Waals surface area contributed by atoms with Crippen LogP contribution < -0.4 is 5.32 Å². The fraction of sp³-hybridized carbons (Fsp3) is 1.00. The normalized spacial score (nSPS) is 36.3. The van der Waals surface area contributed by atoms with Gasteiger partial charge >= 0.3 is 0 Å². The number of nitrogens with one attached hydrogen (secondary N) is 1. The molecule has 0 aromatic heterocycles. The SMILES string of the molecule is CCC1CCCCC1NCCCCCCN1C[C@H](O)[C@@H](O)[C@H](O)[C@H]1CO. The molecule has 6 atom stereocenters. The molecule has 0 spiro atoms. The Morgan fingerprint density at radius 1 is 0.962 bits per heavy atom. The number of unbranched alkanes of at least 4 members (excludes halogenated alkanes) is 3. The Morgan fingerprint density at radius 2 is 1.69 bits per heavy atom. The van der Waals surface area contributed by atoms with Gasteiger partial charge in [0.15, 0.2) is 0 Å². The molecule has 0 bridgehead atoms. The van der Waals surface area contributed by atoms with Crippen molar-refractivity contribution < 1.29 is 20.4 Å². The van der Waals surface area contributed by atoms with Crippen molar-refractivity contribution in [3.05, 3.63) is 0 Å². The maximum Gasteiger partial charge on any atom is 0.109 e. The van der Waals surface area contributed by atoms with E-state index in [1.165, 1.54) is 44.9 Å². The van der Waals surface area contributed by atoms with Crippen molar-refractivity contribution in [2.24, 2.45) is 5.92 Å². The third-order valence-electron chi connectivity index (χ3n) is 6.43. The molecule has 1 aliphatic carbocycles. The molecule has 0 amide bonds. The molecule has 2 rings (SSSR count). The molecule has 0 aromatic rings. The van der Waals surface area contributed by atoms with Crippen molar-refractivity contribution in [1.82, 2.24) is 10.2 Å². The number of aliphatic hydroxyl groups excluding tert-OH is 4. The lowest BCUT2D eigenvalue weighted by molar-refractivity contribution is -0.145. The van der Waals surface area contributed by atoms with Gasteiger partial charge in [-0.15, -0.1) is 0 Å². The van der Waals surface area contributed by atoms with E-state index in [0.717, 1.165) is 31.8 Å². The molecule has 2 unspecified atom stereocenters. The van der Waals surface area contributed by atoms with Crippen molar-refractivity contribution in [1.29, 1.82) is 0 Å². The number of rotatable bonds is 10. The first-order valence-corrected chi connectivity index (χ1v) is 10.7. The molecule has 6 heteroatoms. The van der Waals surface area contributed by atoms with Crippen LogP contribution in [0.5, 0.6) is 0 Å². The lowest BCUT2D eigenvalue weighted by Crippen LogP contribution is -2.62. The molecular weight excluding hydrogens is 332 g/mol. The van der Waals surface area contributed by atoms with Gasteiger partial charge < -0.3 is 25.7 Å². The molecule has 26 heavy (non-hydrogen) atoms. The van der Waals surface area contributed by atoms with Crippen LogP contribution >= 0.6 is 0 Å². The Morgan fingerprint density at radius 3 is 2.42 bits per heavy atom. The third kappa shape index (κ3) is 6.14. The summed E-state index contributed by atoms with van der Waals surface area (Å²) in [6, 6.07) is 0.231. The zero-order chi connectivity index (χ0) is 18.9. The second-order valence-corrected chi connectivity index (χ2v) is 8.22. The van der Waals surface area contributed by atoms with E-state index in [2.05, 4.69) is 12.2 Å². The average molecular weight is 373 g/mol. The van der Waals surface area contributed by atoms with Gasteiger partial charge in [-0.25, -0.2) is 0 Å². The molecule has 1 aliphatic heterocycles. The minimum Gasteiger partial charge on any atom is -0.395 e. The van der Waals surface area contributed by atoms with E-state index < -0.39 is 24.4 Å². The van der Waals surface area contributed by atoms with Gasteiger partial charge in [0.05, 0.1) is 18.8 Å². The lowest BCUT2D eigenvalue weighted by Gasteiger charge is -2.43. The van der Waals surface area contributed by atoms with Crippen LogP contribution in [-0.2, 0) is 0 Å². The summed E-state index contributed by atoms with van der Waals surface area (Å²) in [5.41, 5.74) is 0. The zero-order valence-electron chi connectivity index (χ0n) is 16.4. The largest absolute Gasteiger partial charge is 0.395 e. The second-order valence-electron chi connectivity index (χ2n) is 8.22. The van der Waals surface area contributed by atoms with Crippen LogP contribution in [0.25, 0.3) is 0 Å². The van der Waals surface area contributed by atoms with Crippen molar-refractivity contribution in [2.75, 3.05) is 26.2 Å². The maximum atomic E-state index is 10.00. The van der Waals surface area contributed by atoms with Crippen molar-refractivity contribution in [3.63, 3.8) is 0 Å². The summed E-state index contributed by atoms with van der Waals surface area (Å²) in [6.45, 7) is 4.24. The third-order valence-corrected chi connectivity index (χ3v) is 6.43. The molecular formula is C20H40N2O4. The number of β-amino-alcohol motifs (C(OH)–C–C–N with tert-alkyl or cyclic N) is 1. The average Bonchev–Trinajstić information content (AvgIpc) is 2.66. The molecule has 1 heterocycles. The summed E-state index contributed by atoms with van der Waals surface area (Å²) < 4.78 is 0. The highest BCUT2D eigenvalue weighted by Crippen LogP contribution is 2.26. The van der Waals surface area contributed by atoms with Crippen LogP contribution in [-0.4, -0.2) is 82.0 Å². The smallest absolute Gasteiger partial charge is 0.109 e. The number of hydrogen-bond acceptors (Lipinski definition) is 6. The zero-order valence-corrected chi connectivity index (χ0v) is 16.4. The second kappa shape index (κ2) is 11.6. The minimum absolute atomic E-state index is 0.200. The monoisotopic (exact) mass is 372 g/mol. The Kier molecular flexibility index (Phi) is 9.81. The fourth-order valence-corrected chi connectivity index (χ4v) is 4.68. The van der Waals surface area contributed by atoms with Crippen LogP contribution in [0.4, 0.5) is 0 Å². The van der Waals surface area contributed by atoms with Gasteiger partial charge in [0.1, 0.15) is 12.2 Å². The van der Waals surface area contributed by atoms with Gasteiger partial charge in [-0.2, -0.15) is 0 Å². The predicted molar refractivity (Wildman–Crippen MR) is 103 cm³/mol. The highest BCUT2D eigenvalue weighted by molar-refractivity contribution is 4.94. The Bertz CT molecular complexity index is 385. The van der Waals surface area contributed by atoms with Crippen LogP contribution in [0.15, 0.2) is 0 Å². The summed E-state index contributed by atoms with van der Waals surface area (Å²) in [5.74, 6) is 0.853. The molecule has 0 aromatic carbocycles. The van der Waals surface area contributed by atoms with Gasteiger partial charge in [-0.3, -0.25) is 4.90 Å². The number of aliphatic hydroxyl groups is 4. The van der Waals surface area contributed by atoms with E-state index in [9.17, 15) is 20.4 Å². The summed E-state index contributed by atoms with van der Waals surface area (Å²) in [7, 11) is 0. The summed E-state index contributed by atoms with van der Waals surface area (Å²) >= 11 is 0. The number of hydrogen-bond donors (Lipinski definition) is 5. The molecule has 5 N–H and O–H groups in total. The van der Waals surface area contributed by atoms with E-state index in [4.69, 9.17) is 0 Å². The van der Waals surface area contributed by atoms with Crippen molar-refractivity contribution in [2.45, 2.75) is 95.1 Å². The van der Waals surface area contributed by atoms with E-state index in [-0.39, 0.29) is 6.61 Å². The van der Waals surface area contributed by atoms with Gasteiger partial charge in [0.2, 0.25) is 0 Å². The quantitative estimate of drug-likeness (QED) is 0.365. The number of nitrogens with zero attached hydrogens (tertiary/aromatic N) is 1. The van der Waals surface area contributed by atoms with Gasteiger partial charge in [-0.05, 0) is 44.7 Å². The van der Waals surface area contributed by atoms with E-state index in [0.29, 0.717) is 12.6 Å². The van der Waals surface area contributed by atoms with Crippen LogP contribution in [0.2, 0.25) is 0 Å². The molecule has 1 saturated carbocycles. The molecule has 154 valence electrons. The van der Waals surface area contributed by atoms with Gasteiger partial charge in [0.25, 0.3) is 0 Å². The van der Waals surface area contributed by atoms with Crippen molar-refractivity contribution >= 4 is 0 Å². The Labute approximate surface area is 158 Å². The number of piperidine rings is 1. The maximum absolute atomic E-state index is 10.00. The highest BCUT2D eigenvalue weighted by Gasteiger charge is 2.40. The van der Waals surface area contributed by atoms with Crippen molar-refractivity contribution in [3.8, 4) is 0 Å².